The third kappa shape index (κ3) is 5.59. The third-order valence-corrected chi connectivity index (χ3v) is 5.09. The molecule has 2 rings (SSSR count). The molecule has 0 aromatic carbocycles. The SMILES string of the molecule is CC(C)(C)C1CCC(CNC(=O)CC2COCCN2)CC1. The third-order valence-electron chi connectivity index (χ3n) is 5.09. The highest BCUT2D eigenvalue weighted by Gasteiger charge is 2.29. The average molecular weight is 296 g/mol. The second kappa shape index (κ2) is 7.59. The largest absolute Gasteiger partial charge is 0.378 e. The van der Waals surface area contributed by atoms with Crippen molar-refractivity contribution in [1.29, 1.82) is 0 Å². The fourth-order valence-corrected chi connectivity index (χ4v) is 3.54. The number of rotatable bonds is 4. The number of hydrogen-bond acceptors (Lipinski definition) is 3. The van der Waals surface area contributed by atoms with Crippen LogP contribution in [0.15, 0.2) is 0 Å². The van der Waals surface area contributed by atoms with Crippen LogP contribution >= 0.6 is 0 Å². The van der Waals surface area contributed by atoms with Crippen LogP contribution in [-0.2, 0) is 9.53 Å². The Hall–Kier alpha value is -0.610. The van der Waals surface area contributed by atoms with Crippen LogP contribution in [0.25, 0.3) is 0 Å². The number of ether oxygens (including phenoxy) is 1. The van der Waals surface area contributed by atoms with Gasteiger partial charge in [-0.2, -0.15) is 0 Å². The van der Waals surface area contributed by atoms with E-state index < -0.39 is 0 Å². The zero-order valence-electron chi connectivity index (χ0n) is 13.9. The van der Waals surface area contributed by atoms with Gasteiger partial charge in [0.2, 0.25) is 5.91 Å². The van der Waals surface area contributed by atoms with Crippen molar-refractivity contribution in [2.75, 3.05) is 26.3 Å². The summed E-state index contributed by atoms with van der Waals surface area (Å²) in [4.78, 5) is 12.0. The fourth-order valence-electron chi connectivity index (χ4n) is 3.54. The van der Waals surface area contributed by atoms with Crippen molar-refractivity contribution >= 4 is 5.91 Å². The van der Waals surface area contributed by atoms with Crippen LogP contribution in [0, 0.1) is 17.3 Å². The average Bonchev–Trinajstić information content (AvgIpc) is 2.46. The van der Waals surface area contributed by atoms with Crippen LogP contribution < -0.4 is 10.6 Å². The van der Waals surface area contributed by atoms with Gasteiger partial charge in [-0.1, -0.05) is 20.8 Å². The van der Waals surface area contributed by atoms with Crippen LogP contribution in [-0.4, -0.2) is 38.3 Å². The Balaban J connectivity index is 1.61. The molecule has 1 heterocycles. The Bertz CT molecular complexity index is 324. The van der Waals surface area contributed by atoms with E-state index in [9.17, 15) is 4.79 Å². The highest BCUT2D eigenvalue weighted by molar-refractivity contribution is 5.76. The lowest BCUT2D eigenvalue weighted by Gasteiger charge is -2.37. The maximum Gasteiger partial charge on any atom is 0.221 e. The van der Waals surface area contributed by atoms with Crippen LogP contribution in [0.2, 0.25) is 0 Å². The zero-order valence-corrected chi connectivity index (χ0v) is 13.9. The summed E-state index contributed by atoms with van der Waals surface area (Å²) in [5.74, 6) is 1.67. The van der Waals surface area contributed by atoms with Crippen LogP contribution in [0.3, 0.4) is 0 Å². The molecule has 0 aromatic rings. The van der Waals surface area contributed by atoms with E-state index in [0.717, 1.165) is 25.6 Å². The summed E-state index contributed by atoms with van der Waals surface area (Å²) in [6.07, 6.45) is 5.67. The van der Waals surface area contributed by atoms with Crippen molar-refractivity contribution in [1.82, 2.24) is 10.6 Å². The van der Waals surface area contributed by atoms with E-state index in [1.165, 1.54) is 25.7 Å². The van der Waals surface area contributed by atoms with Gasteiger partial charge in [0.15, 0.2) is 0 Å². The topological polar surface area (TPSA) is 50.4 Å². The first kappa shape index (κ1) is 16.8. The van der Waals surface area contributed by atoms with E-state index in [4.69, 9.17) is 4.74 Å². The van der Waals surface area contributed by atoms with Gasteiger partial charge in [0.1, 0.15) is 0 Å². The number of carbonyl (C=O) groups excluding carboxylic acids is 1. The molecule has 0 radical (unpaired) electrons. The van der Waals surface area contributed by atoms with Crippen molar-refractivity contribution in [3.05, 3.63) is 0 Å². The summed E-state index contributed by atoms with van der Waals surface area (Å²) in [5, 5.41) is 6.44. The van der Waals surface area contributed by atoms with Gasteiger partial charge in [0.25, 0.3) is 0 Å². The summed E-state index contributed by atoms with van der Waals surface area (Å²) >= 11 is 0. The van der Waals surface area contributed by atoms with E-state index in [1.807, 2.05) is 0 Å². The van der Waals surface area contributed by atoms with Gasteiger partial charge in [-0.15, -0.1) is 0 Å². The molecule has 122 valence electrons. The lowest BCUT2D eigenvalue weighted by atomic mass is 9.70. The molecule has 1 amide bonds. The highest BCUT2D eigenvalue weighted by Crippen LogP contribution is 2.39. The number of amides is 1. The number of carbonyl (C=O) groups is 1. The molecule has 4 heteroatoms. The Morgan fingerprint density at radius 3 is 2.52 bits per heavy atom. The molecule has 2 fully saturated rings. The molecule has 1 aliphatic heterocycles. The second-order valence-corrected chi connectivity index (χ2v) is 7.82. The first-order chi connectivity index (χ1) is 9.95. The van der Waals surface area contributed by atoms with Crippen molar-refractivity contribution in [2.24, 2.45) is 17.3 Å². The molecule has 0 spiro atoms. The molecule has 0 bridgehead atoms. The van der Waals surface area contributed by atoms with Gasteiger partial charge >= 0.3 is 0 Å². The molecule has 4 nitrogen and oxygen atoms in total. The zero-order chi connectivity index (χ0) is 15.3. The Morgan fingerprint density at radius 2 is 1.95 bits per heavy atom. The van der Waals surface area contributed by atoms with Crippen molar-refractivity contribution < 1.29 is 9.53 Å². The molecular weight excluding hydrogens is 264 g/mol. The molecular formula is C17H32N2O2. The van der Waals surface area contributed by atoms with Crippen molar-refractivity contribution in [2.45, 2.75) is 58.9 Å². The van der Waals surface area contributed by atoms with Gasteiger partial charge in [0.05, 0.1) is 13.2 Å². The van der Waals surface area contributed by atoms with Crippen LogP contribution in [0.4, 0.5) is 0 Å². The quantitative estimate of drug-likeness (QED) is 0.837. The van der Waals surface area contributed by atoms with Crippen LogP contribution in [0.1, 0.15) is 52.9 Å². The van der Waals surface area contributed by atoms with E-state index in [0.29, 0.717) is 24.4 Å². The predicted molar refractivity (Wildman–Crippen MR) is 85.1 cm³/mol. The van der Waals surface area contributed by atoms with E-state index in [-0.39, 0.29) is 11.9 Å². The Morgan fingerprint density at radius 1 is 1.24 bits per heavy atom. The molecule has 1 unspecified atom stereocenters. The molecule has 21 heavy (non-hydrogen) atoms. The van der Waals surface area contributed by atoms with E-state index >= 15 is 0 Å². The lowest BCUT2D eigenvalue weighted by Crippen LogP contribution is -2.44. The van der Waals surface area contributed by atoms with Gasteiger partial charge in [-0.05, 0) is 42.9 Å². The first-order valence-corrected chi connectivity index (χ1v) is 8.53. The molecule has 2 N–H and O–H groups in total. The lowest BCUT2D eigenvalue weighted by molar-refractivity contribution is -0.122. The summed E-state index contributed by atoms with van der Waals surface area (Å²) < 4.78 is 5.38. The van der Waals surface area contributed by atoms with E-state index in [1.54, 1.807) is 0 Å². The summed E-state index contributed by atoms with van der Waals surface area (Å²) in [7, 11) is 0. The van der Waals surface area contributed by atoms with Crippen molar-refractivity contribution in [3.8, 4) is 0 Å². The van der Waals surface area contributed by atoms with Gasteiger partial charge in [0, 0.05) is 25.6 Å². The summed E-state index contributed by atoms with van der Waals surface area (Å²) in [5.41, 5.74) is 0.431. The summed E-state index contributed by atoms with van der Waals surface area (Å²) in [6, 6.07) is 0.190. The maximum absolute atomic E-state index is 12.0. The van der Waals surface area contributed by atoms with Gasteiger partial charge in [-0.25, -0.2) is 0 Å². The Kier molecular flexibility index (Phi) is 6.06. The fraction of sp³-hybridized carbons (Fsp3) is 0.941. The number of nitrogens with one attached hydrogen (secondary N) is 2. The predicted octanol–water partition coefficient (Wildman–Crippen LogP) is 2.33. The van der Waals surface area contributed by atoms with Gasteiger partial charge in [-0.3, -0.25) is 4.79 Å². The second-order valence-electron chi connectivity index (χ2n) is 7.82. The molecule has 0 aromatic heterocycles. The summed E-state index contributed by atoms with van der Waals surface area (Å²) in [6.45, 7) is 10.2. The Labute approximate surface area is 129 Å². The van der Waals surface area contributed by atoms with E-state index in [2.05, 4.69) is 31.4 Å². The van der Waals surface area contributed by atoms with Gasteiger partial charge < -0.3 is 15.4 Å². The molecule has 1 atom stereocenters. The smallest absolute Gasteiger partial charge is 0.221 e. The minimum atomic E-state index is 0.163. The maximum atomic E-state index is 12.0. The number of hydrogen-bond donors (Lipinski definition) is 2. The number of morpholine rings is 1. The molecule has 1 saturated heterocycles. The monoisotopic (exact) mass is 296 g/mol. The molecule has 2 aliphatic rings. The minimum Gasteiger partial charge on any atom is -0.378 e. The normalized spacial score (nSPS) is 30.9. The highest BCUT2D eigenvalue weighted by atomic mass is 16.5. The standard InChI is InChI=1S/C17H32N2O2/c1-17(2,3)14-6-4-13(5-7-14)11-19-16(20)10-15-12-21-9-8-18-15/h13-15,18H,4-12H2,1-3H3,(H,19,20). The molecule has 1 saturated carbocycles. The molecule has 1 aliphatic carbocycles. The van der Waals surface area contributed by atoms with Crippen molar-refractivity contribution in [3.63, 3.8) is 0 Å². The first-order valence-electron chi connectivity index (χ1n) is 8.53. The van der Waals surface area contributed by atoms with Crippen LogP contribution in [0.5, 0.6) is 0 Å². The minimum absolute atomic E-state index is 0.163.